The molecule has 2 fully saturated rings. The molecule has 1 aliphatic heterocycles. The molecule has 1 unspecified atom stereocenters. The van der Waals surface area contributed by atoms with Crippen molar-refractivity contribution in [1.82, 2.24) is 24.1 Å². The van der Waals surface area contributed by atoms with Gasteiger partial charge < -0.3 is 9.47 Å². The van der Waals surface area contributed by atoms with Crippen LogP contribution in [0.3, 0.4) is 0 Å². The van der Waals surface area contributed by atoms with Gasteiger partial charge in [-0.2, -0.15) is 4.98 Å². The number of carbonyl (C=O) groups excluding carboxylic acids is 2. The van der Waals surface area contributed by atoms with Gasteiger partial charge in [-0.25, -0.2) is 8.91 Å². The predicted molar refractivity (Wildman–Crippen MR) is 146 cm³/mol. The number of hydrogen-bond donors (Lipinski definition) is 1. The minimum atomic E-state index is -0.392. The summed E-state index contributed by atoms with van der Waals surface area (Å²) in [7, 11) is 1.83. The van der Waals surface area contributed by atoms with Gasteiger partial charge in [0.1, 0.15) is 5.82 Å². The minimum Gasteiger partial charge on any atom is -0.350 e. The second-order valence-corrected chi connectivity index (χ2v) is 10.5. The van der Waals surface area contributed by atoms with Crippen molar-refractivity contribution in [3.63, 3.8) is 0 Å². The Morgan fingerprint density at radius 3 is 2.67 bits per heavy atom. The van der Waals surface area contributed by atoms with Crippen LogP contribution in [-0.4, -0.2) is 42.4 Å². The van der Waals surface area contributed by atoms with E-state index >= 15 is 4.39 Å². The molecule has 3 aromatic heterocycles. The molecule has 1 saturated carbocycles. The lowest BCUT2D eigenvalue weighted by atomic mass is 10.0. The van der Waals surface area contributed by atoms with Crippen LogP contribution >= 0.6 is 0 Å². The van der Waals surface area contributed by atoms with Crippen molar-refractivity contribution in [2.75, 3.05) is 11.9 Å². The fourth-order valence-electron chi connectivity index (χ4n) is 5.64. The first-order chi connectivity index (χ1) is 19.0. The van der Waals surface area contributed by atoms with Crippen molar-refractivity contribution in [2.45, 2.75) is 31.7 Å². The number of carbonyl (C=O) groups is 2. The van der Waals surface area contributed by atoms with Crippen molar-refractivity contribution < 1.29 is 14.0 Å². The van der Waals surface area contributed by atoms with Crippen LogP contribution in [0.25, 0.3) is 27.7 Å². The van der Waals surface area contributed by atoms with E-state index < -0.39 is 5.82 Å². The third kappa shape index (κ3) is 4.14. The zero-order valence-corrected chi connectivity index (χ0v) is 21.5. The number of amides is 2. The monoisotopic (exact) mass is 522 g/mol. The van der Waals surface area contributed by atoms with Crippen LogP contribution in [0.4, 0.5) is 10.3 Å². The van der Waals surface area contributed by atoms with E-state index in [1.807, 2.05) is 30.1 Å². The first-order valence-electron chi connectivity index (χ1n) is 13.3. The molecular weight excluding hydrogens is 495 g/mol. The number of benzene rings is 2. The summed E-state index contributed by atoms with van der Waals surface area (Å²) >= 11 is 0. The predicted octanol–water partition coefficient (Wildman–Crippen LogP) is 5.35. The molecule has 7 rings (SSSR count). The molecule has 39 heavy (non-hydrogen) atoms. The van der Waals surface area contributed by atoms with Crippen LogP contribution in [0, 0.1) is 11.7 Å². The zero-order valence-electron chi connectivity index (χ0n) is 21.5. The summed E-state index contributed by atoms with van der Waals surface area (Å²) in [6, 6.07) is 16.9. The van der Waals surface area contributed by atoms with Gasteiger partial charge >= 0.3 is 0 Å². The van der Waals surface area contributed by atoms with Gasteiger partial charge in [0.25, 0.3) is 5.91 Å². The molecular formula is C30H27FN6O2. The van der Waals surface area contributed by atoms with Gasteiger partial charge in [-0.3, -0.25) is 14.9 Å². The Balaban J connectivity index is 1.25. The zero-order chi connectivity index (χ0) is 26.7. The average Bonchev–Trinajstić information content (AvgIpc) is 3.41. The number of aryl methyl sites for hydroxylation is 1. The summed E-state index contributed by atoms with van der Waals surface area (Å²) in [6.07, 6.45) is 7.13. The molecule has 1 saturated heterocycles. The Hall–Kier alpha value is -4.53. The average molecular weight is 523 g/mol. The molecule has 1 aliphatic carbocycles. The van der Waals surface area contributed by atoms with E-state index in [9.17, 15) is 9.59 Å². The number of anilines is 1. The third-order valence-electron chi connectivity index (χ3n) is 7.84. The number of nitrogens with zero attached hydrogens (tertiary/aromatic N) is 5. The van der Waals surface area contributed by atoms with Crippen molar-refractivity contribution >= 4 is 34.3 Å². The smallest absolute Gasteiger partial charge is 0.256 e. The molecule has 2 aliphatic rings. The number of hydrogen-bond acceptors (Lipinski definition) is 4. The van der Waals surface area contributed by atoms with Gasteiger partial charge in [-0.15, -0.1) is 5.10 Å². The van der Waals surface area contributed by atoms with E-state index in [1.165, 1.54) is 6.07 Å². The van der Waals surface area contributed by atoms with Crippen LogP contribution in [0.1, 0.15) is 47.6 Å². The maximum Gasteiger partial charge on any atom is 0.256 e. The topological polar surface area (TPSA) is 84.5 Å². The quantitative estimate of drug-likeness (QED) is 0.337. The highest BCUT2D eigenvalue weighted by molar-refractivity contribution is 6.08. The highest BCUT2D eigenvalue weighted by Gasteiger charge is 2.32. The molecule has 2 aromatic carbocycles. The summed E-state index contributed by atoms with van der Waals surface area (Å²) in [5.74, 6) is -0.240. The van der Waals surface area contributed by atoms with Gasteiger partial charge in [0.15, 0.2) is 5.65 Å². The molecule has 0 radical (unpaired) electrons. The molecule has 4 heterocycles. The van der Waals surface area contributed by atoms with E-state index in [-0.39, 0.29) is 29.7 Å². The summed E-state index contributed by atoms with van der Waals surface area (Å²) in [5, 5.41) is 7.77. The second kappa shape index (κ2) is 9.04. The Morgan fingerprint density at radius 1 is 1.05 bits per heavy atom. The van der Waals surface area contributed by atoms with Crippen LogP contribution in [0.2, 0.25) is 0 Å². The first-order valence-corrected chi connectivity index (χ1v) is 13.3. The third-order valence-corrected chi connectivity index (χ3v) is 7.84. The lowest BCUT2D eigenvalue weighted by Gasteiger charge is -2.25. The molecule has 1 N–H and O–H groups in total. The number of likely N-dealkylation sites (tertiary alicyclic amines) is 1. The number of halogens is 1. The molecule has 9 heteroatoms. The van der Waals surface area contributed by atoms with E-state index in [1.54, 1.807) is 39.7 Å². The van der Waals surface area contributed by atoms with E-state index in [0.29, 0.717) is 39.8 Å². The number of aromatic nitrogens is 4. The van der Waals surface area contributed by atoms with Crippen LogP contribution in [-0.2, 0) is 11.8 Å². The van der Waals surface area contributed by atoms with Gasteiger partial charge in [-0.05, 0) is 61.1 Å². The summed E-state index contributed by atoms with van der Waals surface area (Å²) in [6.45, 7) is 0.687. The molecule has 8 nitrogen and oxygen atoms in total. The summed E-state index contributed by atoms with van der Waals surface area (Å²) in [4.78, 5) is 32.3. The van der Waals surface area contributed by atoms with Gasteiger partial charge in [0.05, 0.1) is 17.1 Å². The summed E-state index contributed by atoms with van der Waals surface area (Å²) < 4.78 is 18.8. The molecule has 0 spiro atoms. The Kier molecular flexibility index (Phi) is 5.47. The molecule has 2 amide bonds. The van der Waals surface area contributed by atoms with Crippen molar-refractivity contribution in [3.05, 3.63) is 83.9 Å². The van der Waals surface area contributed by atoms with Gasteiger partial charge in [0, 0.05) is 42.9 Å². The van der Waals surface area contributed by atoms with Crippen LogP contribution in [0.15, 0.2) is 67.0 Å². The lowest BCUT2D eigenvalue weighted by molar-refractivity contribution is -0.117. The number of nitrogens with one attached hydrogen (secondary N) is 1. The maximum absolute atomic E-state index is 15.4. The summed E-state index contributed by atoms with van der Waals surface area (Å²) in [5.41, 5.74) is 3.82. The second-order valence-electron chi connectivity index (χ2n) is 10.5. The van der Waals surface area contributed by atoms with Gasteiger partial charge in [-0.1, -0.05) is 30.3 Å². The van der Waals surface area contributed by atoms with Crippen LogP contribution in [0.5, 0.6) is 0 Å². The standard InChI is InChI=1S/C30H27FN6O2/c1-35-17-23(29(39)36-12-5-8-25(36)18-6-3-2-4-7-18)22-15-21(24(31)16-26(22)35)20-11-13-37-27(14-20)32-30(34-37)33-28(38)19-9-10-19/h2-4,6-7,11,13-17,19,25H,5,8-10,12H2,1H3,(H,33,34,38). The fraction of sp³-hybridized carbons (Fsp3) is 0.267. The largest absolute Gasteiger partial charge is 0.350 e. The highest BCUT2D eigenvalue weighted by Crippen LogP contribution is 2.36. The number of fused-ring (bicyclic) bond motifs is 2. The molecule has 5 aromatic rings. The Labute approximate surface area is 224 Å². The Morgan fingerprint density at radius 2 is 1.87 bits per heavy atom. The lowest BCUT2D eigenvalue weighted by Crippen LogP contribution is -2.30. The van der Waals surface area contributed by atoms with E-state index in [0.717, 1.165) is 31.2 Å². The minimum absolute atomic E-state index is 0.0267. The van der Waals surface area contributed by atoms with Crippen molar-refractivity contribution in [2.24, 2.45) is 13.0 Å². The van der Waals surface area contributed by atoms with Crippen molar-refractivity contribution in [1.29, 1.82) is 0 Å². The fourth-order valence-corrected chi connectivity index (χ4v) is 5.64. The molecule has 1 atom stereocenters. The van der Waals surface area contributed by atoms with Gasteiger partial charge in [0.2, 0.25) is 11.9 Å². The molecule has 0 bridgehead atoms. The SMILES string of the molecule is Cn1cc(C(=O)N2CCCC2c2ccccc2)c2cc(-c3ccn4nc(NC(=O)C5CC5)nc4c3)c(F)cc21. The van der Waals surface area contributed by atoms with Crippen molar-refractivity contribution in [3.8, 4) is 11.1 Å². The number of pyridine rings is 1. The maximum atomic E-state index is 15.4. The molecule has 196 valence electrons. The van der Waals surface area contributed by atoms with E-state index in [4.69, 9.17) is 0 Å². The van der Waals surface area contributed by atoms with E-state index in [2.05, 4.69) is 27.5 Å². The van der Waals surface area contributed by atoms with Crippen LogP contribution < -0.4 is 5.32 Å². The first kappa shape index (κ1) is 23.6. The Bertz CT molecular complexity index is 1750. The number of rotatable bonds is 5. The highest BCUT2D eigenvalue weighted by atomic mass is 19.1. The normalized spacial score (nSPS) is 17.3.